The van der Waals surface area contributed by atoms with Crippen LogP contribution in [0, 0.1) is 0 Å². The Morgan fingerprint density at radius 3 is 1.91 bits per heavy atom. The minimum absolute atomic E-state index is 0.316. The molecule has 3 aromatic rings. The fraction of sp³-hybridized carbons (Fsp3) is 0.100. The van der Waals surface area contributed by atoms with Gasteiger partial charge in [0.15, 0.2) is 0 Å². The number of hydrogen-bond acceptors (Lipinski definition) is 3. The van der Waals surface area contributed by atoms with Gasteiger partial charge in [0.2, 0.25) is 0 Å². The molecule has 0 aliphatic rings. The lowest BCUT2D eigenvalue weighted by Gasteiger charge is -2.06. The van der Waals surface area contributed by atoms with E-state index in [-0.39, 0.29) is 5.97 Å². The number of methoxy groups -OCH3 is 1. The zero-order chi connectivity index (χ0) is 16.1. The molecule has 0 aliphatic heterocycles. The van der Waals surface area contributed by atoms with E-state index in [2.05, 4.69) is 29.2 Å². The normalized spacial score (nSPS) is 10.3. The molecule has 0 N–H and O–H groups in total. The average Bonchev–Trinajstić information content (AvgIpc) is 2.63. The summed E-state index contributed by atoms with van der Waals surface area (Å²) in [6, 6.07) is 20.0. The van der Waals surface area contributed by atoms with Gasteiger partial charge in [-0.2, -0.15) is 0 Å². The van der Waals surface area contributed by atoms with Crippen LogP contribution in [0.1, 0.15) is 21.5 Å². The third-order valence-electron chi connectivity index (χ3n) is 3.75. The number of benzene rings is 2. The van der Waals surface area contributed by atoms with Crippen LogP contribution in [0.2, 0.25) is 0 Å². The van der Waals surface area contributed by atoms with Crippen LogP contribution in [0.25, 0.3) is 11.1 Å². The maximum absolute atomic E-state index is 11.5. The highest BCUT2D eigenvalue weighted by Crippen LogP contribution is 2.21. The lowest BCUT2D eigenvalue weighted by molar-refractivity contribution is 0.0601. The molecule has 0 fully saturated rings. The van der Waals surface area contributed by atoms with Gasteiger partial charge in [-0.1, -0.05) is 36.4 Å². The molecule has 0 spiro atoms. The number of pyridine rings is 1. The van der Waals surface area contributed by atoms with E-state index in [0.717, 1.165) is 17.5 Å². The van der Waals surface area contributed by atoms with Gasteiger partial charge in [-0.05, 0) is 52.9 Å². The zero-order valence-corrected chi connectivity index (χ0v) is 12.9. The van der Waals surface area contributed by atoms with Crippen molar-refractivity contribution in [2.24, 2.45) is 0 Å². The van der Waals surface area contributed by atoms with Gasteiger partial charge in [0.05, 0.1) is 12.7 Å². The van der Waals surface area contributed by atoms with Crippen LogP contribution < -0.4 is 0 Å². The zero-order valence-electron chi connectivity index (χ0n) is 12.9. The van der Waals surface area contributed by atoms with Gasteiger partial charge in [0.25, 0.3) is 0 Å². The third-order valence-corrected chi connectivity index (χ3v) is 3.75. The molecular weight excluding hydrogens is 286 g/mol. The van der Waals surface area contributed by atoms with E-state index in [1.165, 1.54) is 18.2 Å². The lowest BCUT2D eigenvalue weighted by Crippen LogP contribution is -2.00. The smallest absolute Gasteiger partial charge is 0.337 e. The number of nitrogens with zero attached hydrogens (tertiary/aromatic N) is 1. The highest BCUT2D eigenvalue weighted by atomic mass is 16.5. The van der Waals surface area contributed by atoms with Crippen LogP contribution in [0.3, 0.4) is 0 Å². The topological polar surface area (TPSA) is 39.2 Å². The molecule has 23 heavy (non-hydrogen) atoms. The monoisotopic (exact) mass is 303 g/mol. The maximum Gasteiger partial charge on any atom is 0.337 e. The number of esters is 1. The van der Waals surface area contributed by atoms with Crippen molar-refractivity contribution in [3.8, 4) is 11.1 Å². The van der Waals surface area contributed by atoms with Crippen LogP contribution in [0.15, 0.2) is 73.1 Å². The van der Waals surface area contributed by atoms with Crippen molar-refractivity contribution in [2.75, 3.05) is 7.11 Å². The molecule has 2 aromatic carbocycles. The van der Waals surface area contributed by atoms with Crippen molar-refractivity contribution in [3.05, 3.63) is 89.7 Å². The van der Waals surface area contributed by atoms with Crippen molar-refractivity contribution in [3.63, 3.8) is 0 Å². The molecule has 3 rings (SSSR count). The van der Waals surface area contributed by atoms with E-state index in [1.54, 1.807) is 12.1 Å². The van der Waals surface area contributed by atoms with Gasteiger partial charge in [-0.25, -0.2) is 4.79 Å². The molecule has 0 saturated heterocycles. The lowest BCUT2D eigenvalue weighted by atomic mass is 10.00. The Bertz CT molecular complexity index is 778. The molecule has 0 bridgehead atoms. The van der Waals surface area contributed by atoms with Gasteiger partial charge < -0.3 is 4.74 Å². The first kappa shape index (κ1) is 15.0. The number of ether oxygens (including phenoxy) is 1. The van der Waals surface area contributed by atoms with Crippen LogP contribution in [0.4, 0.5) is 0 Å². The number of hydrogen-bond donors (Lipinski definition) is 0. The Morgan fingerprint density at radius 1 is 0.826 bits per heavy atom. The summed E-state index contributed by atoms with van der Waals surface area (Å²) in [5.41, 5.74) is 5.26. The van der Waals surface area contributed by atoms with E-state index in [4.69, 9.17) is 4.74 Å². The fourth-order valence-electron chi connectivity index (χ4n) is 2.47. The van der Waals surface area contributed by atoms with Gasteiger partial charge in [0.1, 0.15) is 0 Å². The molecule has 0 unspecified atom stereocenters. The summed E-state index contributed by atoms with van der Waals surface area (Å²) < 4.78 is 4.71. The fourth-order valence-corrected chi connectivity index (χ4v) is 2.47. The molecule has 0 radical (unpaired) electrons. The third kappa shape index (κ3) is 3.64. The Hall–Kier alpha value is -2.94. The summed E-state index contributed by atoms with van der Waals surface area (Å²) in [5, 5.41) is 0. The van der Waals surface area contributed by atoms with Crippen molar-refractivity contribution in [1.29, 1.82) is 0 Å². The number of rotatable bonds is 4. The minimum Gasteiger partial charge on any atom is -0.465 e. The number of carbonyl (C=O) groups excluding carboxylic acids is 1. The van der Waals surface area contributed by atoms with Crippen molar-refractivity contribution in [1.82, 2.24) is 4.98 Å². The highest BCUT2D eigenvalue weighted by molar-refractivity contribution is 5.89. The van der Waals surface area contributed by atoms with E-state index in [9.17, 15) is 4.79 Å². The molecule has 0 aliphatic carbocycles. The SMILES string of the molecule is COC(=O)c1ccc(-c2ccc(Cc3ccncc3)cc2)cc1. The highest BCUT2D eigenvalue weighted by Gasteiger charge is 2.05. The van der Waals surface area contributed by atoms with Crippen molar-refractivity contribution < 1.29 is 9.53 Å². The van der Waals surface area contributed by atoms with E-state index >= 15 is 0 Å². The predicted octanol–water partition coefficient (Wildman–Crippen LogP) is 4.13. The summed E-state index contributed by atoms with van der Waals surface area (Å²) in [7, 11) is 1.39. The molecule has 3 nitrogen and oxygen atoms in total. The number of carbonyl (C=O) groups is 1. The summed E-state index contributed by atoms with van der Waals surface area (Å²) in [6.07, 6.45) is 4.52. The Balaban J connectivity index is 1.75. The van der Waals surface area contributed by atoms with Crippen molar-refractivity contribution in [2.45, 2.75) is 6.42 Å². The largest absolute Gasteiger partial charge is 0.465 e. The average molecular weight is 303 g/mol. The van der Waals surface area contributed by atoms with Crippen LogP contribution in [-0.2, 0) is 11.2 Å². The van der Waals surface area contributed by atoms with E-state index < -0.39 is 0 Å². The van der Waals surface area contributed by atoms with Crippen LogP contribution in [0.5, 0.6) is 0 Å². The molecule has 0 amide bonds. The second kappa shape index (κ2) is 6.88. The second-order valence-electron chi connectivity index (χ2n) is 5.30. The van der Waals surface area contributed by atoms with Crippen LogP contribution in [-0.4, -0.2) is 18.1 Å². The molecule has 3 heteroatoms. The van der Waals surface area contributed by atoms with Gasteiger partial charge >= 0.3 is 5.97 Å². The summed E-state index contributed by atoms with van der Waals surface area (Å²) in [6.45, 7) is 0. The first-order valence-electron chi connectivity index (χ1n) is 7.43. The quantitative estimate of drug-likeness (QED) is 0.680. The predicted molar refractivity (Wildman–Crippen MR) is 90.3 cm³/mol. The first-order chi connectivity index (χ1) is 11.3. The Kier molecular flexibility index (Phi) is 4.48. The standard InChI is InChI=1S/C20H17NO2/c1-23-20(22)19-8-6-18(7-9-19)17-4-2-15(3-5-17)14-16-10-12-21-13-11-16/h2-13H,14H2,1H3. The molecule has 114 valence electrons. The Labute approximate surface area is 135 Å². The van der Waals surface area contributed by atoms with Gasteiger partial charge in [-0.3, -0.25) is 4.98 Å². The van der Waals surface area contributed by atoms with Crippen molar-refractivity contribution >= 4 is 5.97 Å². The van der Waals surface area contributed by atoms with Crippen LogP contribution >= 0.6 is 0 Å². The van der Waals surface area contributed by atoms with E-state index in [1.807, 2.05) is 36.7 Å². The minimum atomic E-state index is -0.316. The first-order valence-corrected chi connectivity index (χ1v) is 7.43. The molecule has 0 atom stereocenters. The maximum atomic E-state index is 11.5. The second-order valence-corrected chi connectivity index (χ2v) is 5.30. The van der Waals surface area contributed by atoms with Gasteiger partial charge in [0, 0.05) is 12.4 Å². The van der Waals surface area contributed by atoms with E-state index in [0.29, 0.717) is 5.56 Å². The van der Waals surface area contributed by atoms with Gasteiger partial charge in [-0.15, -0.1) is 0 Å². The Morgan fingerprint density at radius 2 is 1.35 bits per heavy atom. The summed E-state index contributed by atoms with van der Waals surface area (Å²) >= 11 is 0. The summed E-state index contributed by atoms with van der Waals surface area (Å²) in [5.74, 6) is -0.316. The molecule has 0 saturated carbocycles. The molecule has 1 heterocycles. The molecular formula is C20H17NO2. The molecule has 1 aromatic heterocycles. The number of aromatic nitrogens is 1. The summed E-state index contributed by atoms with van der Waals surface area (Å²) in [4.78, 5) is 15.5.